The lowest BCUT2D eigenvalue weighted by Crippen LogP contribution is -2.02. The van der Waals surface area contributed by atoms with Crippen molar-refractivity contribution in [2.75, 3.05) is 0 Å². The van der Waals surface area contributed by atoms with Crippen LogP contribution in [0.5, 0.6) is 0 Å². The minimum Gasteiger partial charge on any atom is -0.258 e. The number of pyridine rings is 1. The van der Waals surface area contributed by atoms with E-state index in [1.54, 1.807) is 0 Å². The van der Waals surface area contributed by atoms with Gasteiger partial charge in [0.2, 0.25) is 0 Å². The predicted octanol–water partition coefficient (Wildman–Crippen LogP) is 14.7. The number of benzene rings is 8. The SMILES string of the molecule is Cc1ccc(-c2cccc(-c3cccc(-c4nc(-c5ccccc5)nc(-c5ccccc5)n4)c3)c2-c2ccccc2-c2nc(-c3ccccc3)nc(-c3cccc(-c4ccccc4)c3)n2)c(C)n1. The Kier molecular flexibility index (Phi) is 11.3. The summed E-state index contributed by atoms with van der Waals surface area (Å²) in [6.45, 7) is 4.11. The van der Waals surface area contributed by atoms with Crippen LogP contribution in [-0.2, 0) is 0 Å². The molecule has 0 amide bonds. The molecule has 0 unspecified atom stereocenters. The van der Waals surface area contributed by atoms with Gasteiger partial charge in [-0.05, 0) is 71.0 Å². The summed E-state index contributed by atoms with van der Waals surface area (Å²) < 4.78 is 0. The van der Waals surface area contributed by atoms with Crippen LogP contribution in [0, 0.1) is 13.8 Å². The quantitative estimate of drug-likeness (QED) is 0.135. The largest absolute Gasteiger partial charge is 0.258 e. The molecular weight excluding hydrogens is 831 g/mol. The third kappa shape index (κ3) is 8.48. The average molecular weight is 874 g/mol. The molecule has 0 aliphatic rings. The molecule has 0 aliphatic carbocycles. The van der Waals surface area contributed by atoms with Gasteiger partial charge in [-0.1, -0.05) is 206 Å². The van der Waals surface area contributed by atoms with Gasteiger partial charge in [0.15, 0.2) is 34.9 Å². The van der Waals surface area contributed by atoms with Gasteiger partial charge in [0.1, 0.15) is 0 Å². The fourth-order valence-electron chi connectivity index (χ4n) is 8.75. The lowest BCUT2D eigenvalue weighted by Gasteiger charge is -2.20. The Labute approximate surface area is 395 Å². The fraction of sp³-hybridized carbons (Fsp3) is 0.0328. The molecule has 3 aromatic heterocycles. The first-order valence-corrected chi connectivity index (χ1v) is 22.6. The van der Waals surface area contributed by atoms with Gasteiger partial charge >= 0.3 is 0 Å². The molecule has 68 heavy (non-hydrogen) atoms. The summed E-state index contributed by atoms with van der Waals surface area (Å²) in [6, 6.07) is 76.7. The molecule has 8 aromatic carbocycles. The Morgan fingerprint density at radius 1 is 0.221 bits per heavy atom. The molecule has 322 valence electrons. The molecule has 7 heteroatoms. The lowest BCUT2D eigenvalue weighted by molar-refractivity contribution is 1.07. The summed E-state index contributed by atoms with van der Waals surface area (Å²) in [5.41, 5.74) is 15.5. The van der Waals surface area contributed by atoms with Crippen molar-refractivity contribution in [3.05, 3.63) is 236 Å². The normalized spacial score (nSPS) is 11.1. The molecule has 0 N–H and O–H groups in total. The number of hydrogen-bond acceptors (Lipinski definition) is 7. The van der Waals surface area contributed by atoms with Crippen molar-refractivity contribution in [2.45, 2.75) is 13.8 Å². The van der Waals surface area contributed by atoms with Crippen LogP contribution in [0.3, 0.4) is 0 Å². The molecular formula is C61H43N7. The molecule has 0 spiro atoms. The van der Waals surface area contributed by atoms with Crippen molar-refractivity contribution in [1.82, 2.24) is 34.9 Å². The minimum absolute atomic E-state index is 0.565. The Hall–Kier alpha value is -9.07. The molecule has 0 saturated carbocycles. The maximum atomic E-state index is 5.32. The first-order valence-electron chi connectivity index (χ1n) is 22.6. The minimum atomic E-state index is 0.565. The van der Waals surface area contributed by atoms with Gasteiger partial charge in [0.05, 0.1) is 0 Å². The van der Waals surface area contributed by atoms with Crippen LogP contribution in [0.25, 0.3) is 113 Å². The number of hydrogen-bond donors (Lipinski definition) is 0. The predicted molar refractivity (Wildman–Crippen MR) is 275 cm³/mol. The second-order valence-electron chi connectivity index (χ2n) is 16.6. The smallest absolute Gasteiger partial charge is 0.164 e. The van der Waals surface area contributed by atoms with E-state index in [1.165, 1.54) is 0 Å². The van der Waals surface area contributed by atoms with Gasteiger partial charge in [0, 0.05) is 50.3 Å². The van der Waals surface area contributed by atoms with E-state index in [9.17, 15) is 0 Å². The molecule has 0 aliphatic heterocycles. The van der Waals surface area contributed by atoms with Crippen molar-refractivity contribution >= 4 is 0 Å². The fourth-order valence-corrected chi connectivity index (χ4v) is 8.75. The van der Waals surface area contributed by atoms with Crippen LogP contribution in [-0.4, -0.2) is 34.9 Å². The lowest BCUT2D eigenvalue weighted by atomic mass is 9.85. The van der Waals surface area contributed by atoms with E-state index in [-0.39, 0.29) is 0 Å². The maximum absolute atomic E-state index is 5.32. The van der Waals surface area contributed by atoms with Crippen molar-refractivity contribution in [1.29, 1.82) is 0 Å². The van der Waals surface area contributed by atoms with Crippen molar-refractivity contribution < 1.29 is 0 Å². The van der Waals surface area contributed by atoms with E-state index in [0.717, 1.165) is 89.3 Å². The summed E-state index contributed by atoms with van der Waals surface area (Å²) >= 11 is 0. The van der Waals surface area contributed by atoms with E-state index in [0.29, 0.717) is 34.9 Å². The van der Waals surface area contributed by atoms with Crippen LogP contribution in [0.4, 0.5) is 0 Å². The molecule has 11 rings (SSSR count). The average Bonchev–Trinajstić information content (AvgIpc) is 3.41. The van der Waals surface area contributed by atoms with Gasteiger partial charge in [-0.2, -0.15) is 0 Å². The van der Waals surface area contributed by atoms with Gasteiger partial charge in [-0.3, -0.25) is 4.98 Å². The summed E-state index contributed by atoms with van der Waals surface area (Å²) in [6.07, 6.45) is 0. The van der Waals surface area contributed by atoms with Crippen molar-refractivity contribution in [3.63, 3.8) is 0 Å². The topological polar surface area (TPSA) is 90.2 Å². The summed E-state index contributed by atoms with van der Waals surface area (Å²) in [7, 11) is 0. The first kappa shape index (κ1) is 41.6. The third-order valence-electron chi connectivity index (χ3n) is 12.0. The van der Waals surface area contributed by atoms with Crippen LogP contribution in [0.2, 0.25) is 0 Å². The summed E-state index contributed by atoms with van der Waals surface area (Å²) in [4.78, 5) is 35.8. The van der Waals surface area contributed by atoms with Gasteiger partial charge in [-0.15, -0.1) is 0 Å². The van der Waals surface area contributed by atoms with E-state index in [1.807, 2.05) is 104 Å². The van der Waals surface area contributed by atoms with E-state index in [4.69, 9.17) is 34.9 Å². The number of nitrogens with zero attached hydrogens (tertiary/aromatic N) is 7. The monoisotopic (exact) mass is 873 g/mol. The highest BCUT2D eigenvalue weighted by Crippen LogP contribution is 2.45. The van der Waals surface area contributed by atoms with Gasteiger partial charge in [-0.25, -0.2) is 29.9 Å². The standard InChI is InChI=1S/C61H43N7/c1-40-36-37-50(41(2)62-40)52-35-19-34-51(47-29-18-31-49(39-47)59-64-56(43-22-9-4-10-23-43)63-57(65-59)44-24-11-5-12-25-44)55(52)53-32-15-16-33-54(53)61-67-58(45-26-13-6-14-27-45)66-60(68-61)48-30-17-28-46(38-48)42-20-7-3-8-21-42/h3-39H,1-2H3. The zero-order valence-corrected chi connectivity index (χ0v) is 37.5. The Morgan fingerprint density at radius 3 is 1.12 bits per heavy atom. The molecule has 3 heterocycles. The highest BCUT2D eigenvalue weighted by Gasteiger charge is 2.23. The van der Waals surface area contributed by atoms with Crippen LogP contribution < -0.4 is 0 Å². The molecule has 11 aromatic rings. The highest BCUT2D eigenvalue weighted by molar-refractivity contribution is 5.99. The molecule has 7 nitrogen and oxygen atoms in total. The second-order valence-corrected chi connectivity index (χ2v) is 16.6. The molecule has 0 atom stereocenters. The van der Waals surface area contributed by atoms with Gasteiger partial charge < -0.3 is 0 Å². The van der Waals surface area contributed by atoms with E-state index >= 15 is 0 Å². The Bertz CT molecular complexity index is 3520. The van der Waals surface area contributed by atoms with E-state index in [2.05, 4.69) is 134 Å². The number of aryl methyl sites for hydroxylation is 2. The van der Waals surface area contributed by atoms with Crippen LogP contribution in [0.1, 0.15) is 11.4 Å². The highest BCUT2D eigenvalue weighted by atomic mass is 15.0. The molecule has 0 bridgehead atoms. The number of rotatable bonds is 10. The molecule has 0 saturated heterocycles. The van der Waals surface area contributed by atoms with Crippen LogP contribution >= 0.6 is 0 Å². The van der Waals surface area contributed by atoms with Gasteiger partial charge in [0.25, 0.3) is 0 Å². The third-order valence-corrected chi connectivity index (χ3v) is 12.0. The van der Waals surface area contributed by atoms with Crippen molar-refractivity contribution in [3.8, 4) is 113 Å². The zero-order chi connectivity index (χ0) is 45.8. The summed E-state index contributed by atoms with van der Waals surface area (Å²) in [5, 5.41) is 0. The second kappa shape index (κ2) is 18.4. The Balaban J connectivity index is 1.12. The summed E-state index contributed by atoms with van der Waals surface area (Å²) in [5.74, 6) is 3.54. The Morgan fingerprint density at radius 2 is 0.588 bits per heavy atom. The molecule has 0 radical (unpaired) electrons. The first-order chi connectivity index (χ1) is 33.5. The number of aromatic nitrogens is 7. The van der Waals surface area contributed by atoms with Crippen molar-refractivity contribution in [2.24, 2.45) is 0 Å². The molecule has 0 fully saturated rings. The van der Waals surface area contributed by atoms with Crippen LogP contribution in [0.15, 0.2) is 224 Å². The van der Waals surface area contributed by atoms with E-state index < -0.39 is 0 Å². The zero-order valence-electron chi connectivity index (χ0n) is 37.5. The maximum Gasteiger partial charge on any atom is 0.164 e.